The van der Waals surface area contributed by atoms with E-state index in [-0.39, 0.29) is 51.4 Å². The van der Waals surface area contributed by atoms with E-state index < -0.39 is 24.1 Å². The fourth-order valence-electron chi connectivity index (χ4n) is 0.328. The molecule has 0 saturated carbocycles. The van der Waals surface area contributed by atoms with Gasteiger partial charge in [0.2, 0.25) is 0 Å². The van der Waals surface area contributed by atoms with Gasteiger partial charge in [-0.3, -0.25) is 4.79 Å². The summed E-state index contributed by atoms with van der Waals surface area (Å²) in [5, 5.41) is 26.8. The molecule has 0 aromatic carbocycles. The minimum atomic E-state index is -2.33. The molecule has 0 amide bonds. The molecule has 2 N–H and O–H groups in total. The van der Waals surface area contributed by atoms with Crippen molar-refractivity contribution in [2.45, 2.75) is 12.2 Å². The average molecular weight is 198 g/mol. The van der Waals surface area contributed by atoms with Crippen molar-refractivity contribution in [2.24, 2.45) is 0 Å². The van der Waals surface area contributed by atoms with Crippen molar-refractivity contribution in [3.05, 3.63) is 0 Å². The first-order valence-electron chi connectivity index (χ1n) is 2.48. The molecular weight excluding hydrogens is 194 g/mol. The smallest absolute Gasteiger partial charge is 0.547 e. The molecule has 0 aliphatic carbocycles. The van der Waals surface area contributed by atoms with Crippen LogP contribution < -0.4 is 56.5 Å². The van der Waals surface area contributed by atoms with Gasteiger partial charge in [-0.15, -0.1) is 0 Å². The number of carbonyl (C=O) groups excluding carboxylic acids is 2. The third-order valence-corrected chi connectivity index (χ3v) is 0.898. The molecule has 0 spiro atoms. The summed E-state index contributed by atoms with van der Waals surface area (Å²) in [6.45, 7) is 0. The summed E-state index contributed by atoms with van der Waals surface area (Å²) in [6.07, 6.45) is -4.55. The number of aliphatic carboxylic acids is 1. The molecule has 2 atom stereocenters. The van der Waals surface area contributed by atoms with Crippen LogP contribution in [-0.4, -0.2) is 42.4 Å². The van der Waals surface area contributed by atoms with E-state index in [4.69, 9.17) is 10.2 Å². The molecule has 8 heteroatoms. The Hall–Kier alpha value is 0.561. The first-order chi connectivity index (χ1) is 5.00. The Labute approximate surface area is 112 Å². The zero-order valence-corrected chi connectivity index (χ0v) is 9.38. The maximum Gasteiger partial charge on any atom is 1.00 e. The second kappa shape index (κ2) is 7.01. The molecule has 2 radical (unpaired) electrons. The SMILES string of the molecule is [B]OC(=O)C(O)C(O)C(=O)[O-].[K+]. The Kier molecular flexibility index (Phi) is 8.80. The van der Waals surface area contributed by atoms with Crippen molar-refractivity contribution < 1.29 is 80.9 Å². The van der Waals surface area contributed by atoms with Crippen molar-refractivity contribution in [1.82, 2.24) is 0 Å². The van der Waals surface area contributed by atoms with Crippen LogP contribution in [0, 0.1) is 0 Å². The second-order valence-electron chi connectivity index (χ2n) is 1.65. The van der Waals surface area contributed by atoms with Crippen LogP contribution in [-0.2, 0) is 14.2 Å². The van der Waals surface area contributed by atoms with Gasteiger partial charge in [0.05, 0.1) is 5.97 Å². The zero-order chi connectivity index (χ0) is 9.02. The summed E-state index contributed by atoms with van der Waals surface area (Å²) in [5.74, 6) is -3.43. The van der Waals surface area contributed by atoms with Crippen LogP contribution in [0.1, 0.15) is 0 Å². The van der Waals surface area contributed by atoms with E-state index in [0.29, 0.717) is 0 Å². The summed E-state index contributed by atoms with van der Waals surface area (Å²) >= 11 is 0. The van der Waals surface area contributed by atoms with E-state index in [1.54, 1.807) is 0 Å². The van der Waals surface area contributed by atoms with Gasteiger partial charge in [-0.2, -0.15) is 0 Å². The number of aliphatic hydroxyl groups is 2. The molecule has 0 bridgehead atoms. The minimum Gasteiger partial charge on any atom is -0.547 e. The van der Waals surface area contributed by atoms with E-state index >= 15 is 0 Å². The van der Waals surface area contributed by atoms with Crippen molar-refractivity contribution in [2.75, 3.05) is 0 Å². The first kappa shape index (κ1) is 15.1. The van der Waals surface area contributed by atoms with Crippen molar-refractivity contribution >= 4 is 20.0 Å². The maximum atomic E-state index is 10.2. The van der Waals surface area contributed by atoms with Crippen LogP contribution in [0.15, 0.2) is 0 Å². The standard InChI is InChI=1S/C4H5BO6.K/c5-11-4(10)2(7)1(6)3(8)9;/h1-2,6-7H,(H,8,9);/q;+1/p-1. The number of hydrogen-bond donors (Lipinski definition) is 2. The van der Waals surface area contributed by atoms with Crippen molar-refractivity contribution in [3.8, 4) is 0 Å². The van der Waals surface area contributed by atoms with Crippen LogP contribution in [0.4, 0.5) is 0 Å². The third kappa shape index (κ3) is 4.55. The largest absolute Gasteiger partial charge is 1.00 e. The molecule has 60 valence electrons. The molecule has 0 saturated heterocycles. The van der Waals surface area contributed by atoms with Gasteiger partial charge in [-0.05, 0) is 0 Å². The maximum absolute atomic E-state index is 10.2. The quantitative estimate of drug-likeness (QED) is 0.436. The van der Waals surface area contributed by atoms with Crippen molar-refractivity contribution in [1.29, 1.82) is 0 Å². The minimum absolute atomic E-state index is 0. The Balaban J connectivity index is 0. The van der Waals surface area contributed by atoms with Crippen LogP contribution in [0.2, 0.25) is 0 Å². The number of rotatable bonds is 3. The second-order valence-corrected chi connectivity index (χ2v) is 1.65. The fourth-order valence-corrected chi connectivity index (χ4v) is 0.328. The van der Waals surface area contributed by atoms with E-state index in [1.165, 1.54) is 0 Å². The topological polar surface area (TPSA) is 107 Å². The van der Waals surface area contributed by atoms with Crippen LogP contribution in [0.5, 0.6) is 0 Å². The van der Waals surface area contributed by atoms with Gasteiger partial charge in [-0.25, -0.2) is 0 Å². The molecule has 2 unspecified atom stereocenters. The zero-order valence-electron chi connectivity index (χ0n) is 6.26. The summed E-state index contributed by atoms with van der Waals surface area (Å²) in [4.78, 5) is 20.0. The predicted molar refractivity (Wildman–Crippen MR) is 28.9 cm³/mol. The van der Waals surface area contributed by atoms with Crippen LogP contribution >= 0.6 is 0 Å². The number of carbonyl (C=O) groups is 2. The molecule has 0 aliphatic rings. The molecule has 0 rings (SSSR count). The Morgan fingerprint density at radius 3 is 2.00 bits per heavy atom. The molecule has 0 aromatic rings. The molecular formula is C4H4BKO6. The normalized spacial score (nSPS) is 13.8. The van der Waals surface area contributed by atoms with Gasteiger partial charge in [0.1, 0.15) is 6.10 Å². The number of aliphatic hydroxyl groups excluding tert-OH is 2. The van der Waals surface area contributed by atoms with E-state index in [2.05, 4.69) is 12.7 Å². The Morgan fingerprint density at radius 1 is 1.33 bits per heavy atom. The predicted octanol–water partition coefficient (Wildman–Crippen LogP) is -6.91. The van der Waals surface area contributed by atoms with Gasteiger partial charge in [-0.1, -0.05) is 0 Å². The van der Waals surface area contributed by atoms with Crippen molar-refractivity contribution in [3.63, 3.8) is 0 Å². The Morgan fingerprint density at radius 2 is 1.75 bits per heavy atom. The fraction of sp³-hybridized carbons (Fsp3) is 0.500. The average Bonchev–Trinajstić information content (AvgIpc) is 2.00. The number of carboxylic acids is 1. The van der Waals surface area contributed by atoms with Gasteiger partial charge in [0.25, 0.3) is 0 Å². The van der Waals surface area contributed by atoms with Crippen LogP contribution in [0.25, 0.3) is 0 Å². The molecule has 12 heavy (non-hydrogen) atoms. The van der Waals surface area contributed by atoms with Gasteiger partial charge in [0.15, 0.2) is 6.10 Å². The monoisotopic (exact) mass is 198 g/mol. The summed E-state index contributed by atoms with van der Waals surface area (Å²) in [7, 11) is 4.28. The van der Waals surface area contributed by atoms with E-state index in [9.17, 15) is 14.7 Å². The number of carboxylic acid groups (broad SMARTS) is 1. The molecule has 0 aliphatic heterocycles. The van der Waals surface area contributed by atoms with E-state index in [0.717, 1.165) is 0 Å². The molecule has 0 heterocycles. The van der Waals surface area contributed by atoms with Crippen LogP contribution in [0.3, 0.4) is 0 Å². The Bertz CT molecular complexity index is 173. The number of hydrogen-bond acceptors (Lipinski definition) is 6. The third-order valence-electron chi connectivity index (χ3n) is 0.898. The summed E-state index contributed by atoms with van der Waals surface area (Å²) in [6, 6.07) is 0. The van der Waals surface area contributed by atoms with Gasteiger partial charge < -0.3 is 24.8 Å². The van der Waals surface area contributed by atoms with Gasteiger partial charge in [0, 0.05) is 0 Å². The summed E-state index contributed by atoms with van der Waals surface area (Å²) < 4.78 is 3.44. The molecule has 6 nitrogen and oxygen atoms in total. The molecule has 0 aromatic heterocycles. The summed E-state index contributed by atoms with van der Waals surface area (Å²) in [5.41, 5.74) is 0. The van der Waals surface area contributed by atoms with E-state index in [1.807, 2.05) is 0 Å². The van der Waals surface area contributed by atoms with Gasteiger partial charge >= 0.3 is 65.4 Å². The molecule has 0 fully saturated rings. The first-order valence-corrected chi connectivity index (χ1v) is 2.48.